The molecule has 0 unspecified atom stereocenters. The summed E-state index contributed by atoms with van der Waals surface area (Å²) >= 11 is 0. The largest absolute Gasteiger partial charge is 0.451 e. The van der Waals surface area contributed by atoms with E-state index in [2.05, 4.69) is 23.0 Å². The molecule has 0 atom stereocenters. The van der Waals surface area contributed by atoms with Gasteiger partial charge in [0, 0.05) is 11.1 Å². The van der Waals surface area contributed by atoms with Crippen LogP contribution in [0, 0.1) is 5.92 Å². The maximum absolute atomic E-state index is 12.9. The molecular weight excluding hydrogens is 448 g/mol. The molecule has 1 saturated carbocycles. The molecule has 1 saturated heterocycles. The Labute approximate surface area is 201 Å². The van der Waals surface area contributed by atoms with Gasteiger partial charge < -0.3 is 15.1 Å². The normalized spacial score (nSPS) is 21.9. The van der Waals surface area contributed by atoms with Gasteiger partial charge in [0.1, 0.15) is 11.1 Å². The highest BCUT2D eigenvalue weighted by Crippen LogP contribution is 2.35. The number of hydrogen-bond donors (Lipinski definition) is 3. The second kappa shape index (κ2) is 8.90. The van der Waals surface area contributed by atoms with Crippen LogP contribution in [-0.4, -0.2) is 34.3 Å². The Morgan fingerprint density at radius 3 is 2.51 bits per heavy atom. The van der Waals surface area contributed by atoms with Crippen LogP contribution in [0.5, 0.6) is 0 Å². The molecule has 2 aliphatic rings. The van der Waals surface area contributed by atoms with E-state index < -0.39 is 23.4 Å². The molecule has 1 aliphatic heterocycles. The topological polar surface area (TPSA) is 121 Å². The Bertz CT molecular complexity index is 1270. The SMILES string of the molecule is CC1CCC2(CC1)NC(=O)N(NC(=O)Cc1ccc(NC(=O)c3cc4ccccc4o3)cc1)C2=O. The molecule has 2 fully saturated rings. The van der Waals surface area contributed by atoms with Crippen LogP contribution < -0.4 is 16.1 Å². The van der Waals surface area contributed by atoms with E-state index in [9.17, 15) is 19.2 Å². The molecule has 35 heavy (non-hydrogen) atoms. The van der Waals surface area contributed by atoms with Crippen LogP contribution in [0.1, 0.15) is 48.7 Å². The number of hydrazine groups is 1. The number of amides is 5. The van der Waals surface area contributed by atoms with Gasteiger partial charge in [0.05, 0.1) is 6.42 Å². The monoisotopic (exact) mass is 474 g/mol. The zero-order chi connectivity index (χ0) is 24.6. The molecule has 5 amide bonds. The number of rotatable bonds is 5. The van der Waals surface area contributed by atoms with Gasteiger partial charge >= 0.3 is 6.03 Å². The number of urea groups is 1. The minimum Gasteiger partial charge on any atom is -0.451 e. The van der Waals surface area contributed by atoms with Crippen molar-refractivity contribution >= 4 is 40.4 Å². The highest BCUT2D eigenvalue weighted by Gasteiger charge is 2.52. The van der Waals surface area contributed by atoms with Gasteiger partial charge in [-0.15, -0.1) is 0 Å². The van der Waals surface area contributed by atoms with Gasteiger partial charge in [-0.2, -0.15) is 5.01 Å². The van der Waals surface area contributed by atoms with Crippen LogP contribution in [0.15, 0.2) is 59.0 Å². The summed E-state index contributed by atoms with van der Waals surface area (Å²) in [6.07, 6.45) is 2.83. The van der Waals surface area contributed by atoms with E-state index in [4.69, 9.17) is 4.42 Å². The van der Waals surface area contributed by atoms with Gasteiger partial charge in [-0.25, -0.2) is 4.79 Å². The molecule has 2 heterocycles. The van der Waals surface area contributed by atoms with E-state index in [0.29, 0.717) is 35.6 Å². The van der Waals surface area contributed by atoms with Crippen molar-refractivity contribution in [2.24, 2.45) is 5.92 Å². The van der Waals surface area contributed by atoms with Crippen LogP contribution in [0.3, 0.4) is 0 Å². The van der Waals surface area contributed by atoms with Gasteiger partial charge in [0.15, 0.2) is 5.76 Å². The van der Waals surface area contributed by atoms with Crippen LogP contribution in [0.25, 0.3) is 11.0 Å². The minimum atomic E-state index is -0.906. The van der Waals surface area contributed by atoms with Gasteiger partial charge in [-0.3, -0.25) is 19.8 Å². The number of furan rings is 1. The molecule has 9 heteroatoms. The lowest BCUT2D eigenvalue weighted by molar-refractivity contribution is -0.139. The molecule has 3 aromatic rings. The number of nitrogens with one attached hydrogen (secondary N) is 3. The fraction of sp³-hybridized carbons (Fsp3) is 0.308. The summed E-state index contributed by atoms with van der Waals surface area (Å²) in [5, 5.41) is 7.19. The van der Waals surface area contributed by atoms with Crippen LogP contribution >= 0.6 is 0 Å². The predicted molar refractivity (Wildman–Crippen MR) is 128 cm³/mol. The zero-order valence-corrected chi connectivity index (χ0v) is 19.3. The third kappa shape index (κ3) is 4.49. The fourth-order valence-electron chi connectivity index (χ4n) is 4.66. The van der Waals surface area contributed by atoms with E-state index in [1.54, 1.807) is 36.4 Å². The van der Waals surface area contributed by atoms with Crippen molar-refractivity contribution in [2.75, 3.05) is 5.32 Å². The summed E-state index contributed by atoms with van der Waals surface area (Å²) in [5.74, 6) is -0.537. The lowest BCUT2D eigenvalue weighted by Crippen LogP contribution is -2.51. The molecule has 1 aliphatic carbocycles. The molecule has 5 rings (SSSR count). The number of carbonyl (C=O) groups is 4. The first-order valence-corrected chi connectivity index (χ1v) is 11.7. The molecule has 9 nitrogen and oxygen atoms in total. The molecule has 1 spiro atoms. The molecule has 0 bridgehead atoms. The quantitative estimate of drug-likeness (QED) is 0.486. The lowest BCUT2D eigenvalue weighted by atomic mass is 9.77. The van der Waals surface area contributed by atoms with Crippen molar-refractivity contribution in [3.05, 3.63) is 65.9 Å². The third-order valence-electron chi connectivity index (χ3n) is 6.75. The number of anilines is 1. The Kier molecular flexibility index (Phi) is 5.76. The second-order valence-electron chi connectivity index (χ2n) is 9.35. The van der Waals surface area contributed by atoms with Gasteiger partial charge in [0.25, 0.3) is 11.8 Å². The highest BCUT2D eigenvalue weighted by atomic mass is 16.3. The standard InChI is InChI=1S/C26H26N4O5/c1-16-10-12-26(13-11-16)24(33)30(25(34)28-26)29-22(31)14-17-6-8-19(9-7-17)27-23(32)21-15-18-4-2-3-5-20(18)35-21/h2-9,15-16H,10-14H2,1H3,(H,27,32)(H,28,34)(H,29,31). The molecule has 2 aromatic carbocycles. The summed E-state index contributed by atoms with van der Waals surface area (Å²) in [4.78, 5) is 50.3. The first kappa shape index (κ1) is 22.6. The van der Waals surface area contributed by atoms with E-state index in [1.165, 1.54) is 0 Å². The Balaban J connectivity index is 1.17. The fourth-order valence-corrected chi connectivity index (χ4v) is 4.66. The summed E-state index contributed by atoms with van der Waals surface area (Å²) < 4.78 is 5.58. The highest BCUT2D eigenvalue weighted by molar-refractivity contribution is 6.08. The number of hydrogen-bond acceptors (Lipinski definition) is 5. The van der Waals surface area contributed by atoms with Crippen molar-refractivity contribution in [3.63, 3.8) is 0 Å². The predicted octanol–water partition coefficient (Wildman–Crippen LogP) is 3.76. The molecule has 1 aromatic heterocycles. The lowest BCUT2D eigenvalue weighted by Gasteiger charge is -2.33. The average molecular weight is 475 g/mol. The first-order chi connectivity index (χ1) is 16.8. The average Bonchev–Trinajstić information content (AvgIpc) is 3.38. The number of benzene rings is 2. The summed E-state index contributed by atoms with van der Waals surface area (Å²) in [6, 6.07) is 15.2. The van der Waals surface area contributed by atoms with E-state index >= 15 is 0 Å². The van der Waals surface area contributed by atoms with Crippen molar-refractivity contribution in [1.29, 1.82) is 0 Å². The van der Waals surface area contributed by atoms with Crippen molar-refractivity contribution in [2.45, 2.75) is 44.6 Å². The number of imide groups is 1. The van der Waals surface area contributed by atoms with Gasteiger partial charge in [-0.1, -0.05) is 37.3 Å². The number of fused-ring (bicyclic) bond motifs is 1. The van der Waals surface area contributed by atoms with Crippen molar-refractivity contribution in [1.82, 2.24) is 15.8 Å². The van der Waals surface area contributed by atoms with E-state index in [-0.39, 0.29) is 18.1 Å². The maximum atomic E-state index is 12.9. The van der Waals surface area contributed by atoms with Crippen molar-refractivity contribution in [3.8, 4) is 0 Å². The molecule has 3 N–H and O–H groups in total. The minimum absolute atomic E-state index is 0.0289. The van der Waals surface area contributed by atoms with Crippen LogP contribution in [0.2, 0.25) is 0 Å². The molecule has 180 valence electrons. The first-order valence-electron chi connectivity index (χ1n) is 11.7. The Morgan fingerprint density at radius 1 is 1.09 bits per heavy atom. The third-order valence-corrected chi connectivity index (χ3v) is 6.75. The van der Waals surface area contributed by atoms with E-state index in [0.717, 1.165) is 23.2 Å². The van der Waals surface area contributed by atoms with Gasteiger partial charge in [0.2, 0.25) is 5.91 Å². The van der Waals surface area contributed by atoms with Crippen molar-refractivity contribution < 1.29 is 23.6 Å². The molecular formula is C26H26N4O5. The number of nitrogens with zero attached hydrogens (tertiary/aromatic N) is 1. The summed E-state index contributed by atoms with van der Waals surface area (Å²) in [6.45, 7) is 2.13. The van der Waals surface area contributed by atoms with E-state index in [1.807, 2.05) is 18.2 Å². The maximum Gasteiger partial charge on any atom is 0.344 e. The molecule has 0 radical (unpaired) electrons. The van der Waals surface area contributed by atoms with Crippen LogP contribution in [0.4, 0.5) is 10.5 Å². The number of carbonyl (C=O) groups excluding carboxylic acids is 4. The zero-order valence-electron chi connectivity index (χ0n) is 19.3. The second-order valence-corrected chi connectivity index (χ2v) is 9.35. The Hall–Kier alpha value is -4.14. The van der Waals surface area contributed by atoms with Crippen LogP contribution in [-0.2, 0) is 16.0 Å². The smallest absolute Gasteiger partial charge is 0.344 e. The Morgan fingerprint density at radius 2 is 1.80 bits per heavy atom. The number of para-hydroxylation sites is 1. The van der Waals surface area contributed by atoms with Gasteiger partial charge in [-0.05, 0) is 61.4 Å². The summed E-state index contributed by atoms with van der Waals surface area (Å²) in [5.41, 5.74) is 3.38. The summed E-state index contributed by atoms with van der Waals surface area (Å²) in [7, 11) is 0.